The van der Waals surface area contributed by atoms with E-state index in [4.69, 9.17) is 0 Å². The maximum atomic E-state index is 4.06. The van der Waals surface area contributed by atoms with E-state index < -0.39 is 0 Å². The Balaban J connectivity index is 0.00000326. The lowest BCUT2D eigenvalue weighted by Crippen LogP contribution is -2.11. The maximum Gasteiger partial charge on any atom is 0.0546 e. The summed E-state index contributed by atoms with van der Waals surface area (Å²) in [5, 5.41) is 5.30. The fourth-order valence-corrected chi connectivity index (χ4v) is 9.29. The largest absolute Gasteiger partial charge is 0.310 e. The van der Waals surface area contributed by atoms with Gasteiger partial charge in [0.1, 0.15) is 0 Å². The summed E-state index contributed by atoms with van der Waals surface area (Å²) in [6, 6.07) is 46.8. The van der Waals surface area contributed by atoms with E-state index in [-0.39, 0.29) is 0 Å². The molecular formula is C57H59NS. The third-order valence-electron chi connectivity index (χ3n) is 11.1. The van der Waals surface area contributed by atoms with Crippen molar-refractivity contribution < 1.29 is 0 Å². The van der Waals surface area contributed by atoms with Crippen LogP contribution in [0.25, 0.3) is 38.3 Å². The second-order valence-electron chi connectivity index (χ2n) is 15.2. The van der Waals surface area contributed by atoms with E-state index in [1.807, 2.05) is 17.8 Å². The van der Waals surface area contributed by atoms with Crippen molar-refractivity contribution in [2.75, 3.05) is 4.90 Å². The van der Waals surface area contributed by atoms with E-state index in [1.54, 1.807) is 0 Å². The van der Waals surface area contributed by atoms with E-state index in [0.717, 1.165) is 17.1 Å². The van der Waals surface area contributed by atoms with Gasteiger partial charge in [-0.2, -0.15) is 0 Å². The number of fused-ring (bicyclic) bond motifs is 3. The van der Waals surface area contributed by atoms with Gasteiger partial charge in [0.05, 0.1) is 5.69 Å². The van der Waals surface area contributed by atoms with E-state index in [9.17, 15) is 0 Å². The first-order valence-corrected chi connectivity index (χ1v) is 21.4. The molecule has 0 saturated heterocycles. The number of benzene rings is 6. The molecule has 2 heteroatoms. The van der Waals surface area contributed by atoms with Gasteiger partial charge in [-0.1, -0.05) is 148 Å². The van der Waals surface area contributed by atoms with Gasteiger partial charge in [0.2, 0.25) is 0 Å². The standard InChI is InChI=1S/C55H57NS.C2H2/c1-11-20-39(7)57-55(49(21-12-2)37(4)5)42(10)43-28-32-46(33-29-43)56(54-36-45-23-15-17-25-51(45)52-26-18-19-27-53(52)54)47-34-30-44(31-35-47)48(13-3)40(8)41(9)50-24-16-14-22-38(50)6;1-2/h11-37,39H,2H2,1,3-10H3;1-2H/b20-11-,41-40+,48-13+,49-21-,55-42-;. The molecule has 1 nitrogen and oxygen atoms in total. The van der Waals surface area contributed by atoms with Crippen molar-refractivity contribution in [2.45, 2.75) is 67.6 Å². The fourth-order valence-electron chi connectivity index (χ4n) is 7.95. The average molecular weight is 790 g/mol. The van der Waals surface area contributed by atoms with Crippen LogP contribution in [0.2, 0.25) is 0 Å². The Bertz CT molecular complexity index is 2590. The van der Waals surface area contributed by atoms with Gasteiger partial charge >= 0.3 is 0 Å². The van der Waals surface area contributed by atoms with E-state index >= 15 is 0 Å². The molecule has 59 heavy (non-hydrogen) atoms. The summed E-state index contributed by atoms with van der Waals surface area (Å²) in [5.41, 5.74) is 14.8. The van der Waals surface area contributed by atoms with Crippen molar-refractivity contribution in [3.8, 4) is 12.8 Å². The van der Waals surface area contributed by atoms with Crippen LogP contribution < -0.4 is 4.90 Å². The number of thioether (sulfide) groups is 1. The molecule has 0 aliphatic heterocycles. The van der Waals surface area contributed by atoms with Crippen LogP contribution in [0.4, 0.5) is 17.1 Å². The quantitative estimate of drug-likeness (QED) is 0.0496. The number of anilines is 3. The summed E-state index contributed by atoms with van der Waals surface area (Å²) in [6.07, 6.45) is 18.8. The summed E-state index contributed by atoms with van der Waals surface area (Å²) in [4.78, 5) is 3.75. The Morgan fingerprint density at radius 2 is 1.24 bits per heavy atom. The predicted octanol–water partition coefficient (Wildman–Crippen LogP) is 17.1. The number of rotatable bonds is 13. The van der Waals surface area contributed by atoms with E-state index in [2.05, 4.69) is 238 Å². The molecule has 6 aromatic carbocycles. The lowest BCUT2D eigenvalue weighted by Gasteiger charge is -2.28. The van der Waals surface area contributed by atoms with Crippen molar-refractivity contribution in [3.05, 3.63) is 203 Å². The van der Waals surface area contributed by atoms with Crippen LogP contribution in [0, 0.1) is 25.7 Å². The van der Waals surface area contributed by atoms with Gasteiger partial charge in [-0.15, -0.1) is 24.6 Å². The minimum Gasteiger partial charge on any atom is -0.310 e. The monoisotopic (exact) mass is 789 g/mol. The third kappa shape index (κ3) is 9.83. The summed E-state index contributed by atoms with van der Waals surface area (Å²) in [5.74, 6) is 0.367. The summed E-state index contributed by atoms with van der Waals surface area (Å²) in [7, 11) is 0. The second-order valence-corrected chi connectivity index (χ2v) is 16.6. The maximum absolute atomic E-state index is 4.06. The predicted molar refractivity (Wildman–Crippen MR) is 267 cm³/mol. The highest BCUT2D eigenvalue weighted by Gasteiger charge is 2.20. The molecule has 298 valence electrons. The normalized spacial score (nSPS) is 13.5. The molecule has 0 bridgehead atoms. The molecule has 1 unspecified atom stereocenters. The van der Waals surface area contributed by atoms with Crippen LogP contribution in [0.1, 0.15) is 77.6 Å². The van der Waals surface area contributed by atoms with Crippen LogP contribution >= 0.6 is 11.8 Å². The van der Waals surface area contributed by atoms with Crippen molar-refractivity contribution in [1.82, 2.24) is 0 Å². The van der Waals surface area contributed by atoms with Crippen molar-refractivity contribution >= 4 is 67.1 Å². The highest BCUT2D eigenvalue weighted by atomic mass is 32.2. The molecule has 0 fully saturated rings. The topological polar surface area (TPSA) is 3.24 Å². The zero-order valence-corrected chi connectivity index (χ0v) is 37.2. The molecule has 1 atom stereocenters. The summed E-state index contributed by atoms with van der Waals surface area (Å²) >= 11 is 1.92. The van der Waals surface area contributed by atoms with E-state index in [0.29, 0.717) is 11.2 Å². The number of allylic oxidation sites excluding steroid dienone is 9. The van der Waals surface area contributed by atoms with Crippen molar-refractivity contribution in [3.63, 3.8) is 0 Å². The lowest BCUT2D eigenvalue weighted by atomic mass is 9.90. The fraction of sp³-hybridized carbons (Fsp3) is 0.193. The number of aryl methyl sites for hydroxylation is 1. The third-order valence-corrected chi connectivity index (χ3v) is 12.4. The molecule has 0 saturated carbocycles. The average Bonchev–Trinajstić information content (AvgIpc) is 3.26. The number of nitrogens with zero attached hydrogens (tertiary/aromatic N) is 1. The minimum absolute atomic E-state index is 0.347. The molecule has 0 radical (unpaired) electrons. The Morgan fingerprint density at radius 3 is 1.81 bits per heavy atom. The smallest absolute Gasteiger partial charge is 0.0546 e. The van der Waals surface area contributed by atoms with Gasteiger partial charge in [-0.3, -0.25) is 0 Å². The lowest BCUT2D eigenvalue weighted by molar-refractivity contribution is 0.789. The van der Waals surface area contributed by atoms with Gasteiger partial charge < -0.3 is 4.90 Å². The molecule has 0 heterocycles. The van der Waals surface area contributed by atoms with Gasteiger partial charge in [-0.05, 0) is 151 Å². The van der Waals surface area contributed by atoms with Gasteiger partial charge in [0.25, 0.3) is 0 Å². The van der Waals surface area contributed by atoms with Crippen molar-refractivity contribution in [1.29, 1.82) is 0 Å². The first kappa shape index (κ1) is 44.1. The zero-order chi connectivity index (χ0) is 42.6. The number of hydrogen-bond donors (Lipinski definition) is 0. The van der Waals surface area contributed by atoms with Crippen LogP contribution in [-0.4, -0.2) is 5.25 Å². The van der Waals surface area contributed by atoms with Crippen LogP contribution in [0.3, 0.4) is 0 Å². The SMILES string of the molecule is C#C.C=C/C=C(\C(SC(C)/C=C\C)=C(/C)c1ccc(N(c2ccc(C(=C/C)/C(C)=C(\C)c3ccccc3C)cc2)c2cc3ccccc3c3ccccc23)cc1)C(C)C. The molecule has 6 aromatic rings. The molecular weight excluding hydrogens is 731 g/mol. The summed E-state index contributed by atoms with van der Waals surface area (Å²) < 4.78 is 0. The van der Waals surface area contributed by atoms with Crippen LogP contribution in [0.5, 0.6) is 0 Å². The Kier molecular flexibility index (Phi) is 15.4. The Hall–Kier alpha value is -6.01. The highest BCUT2D eigenvalue weighted by molar-refractivity contribution is 8.04. The van der Waals surface area contributed by atoms with Crippen LogP contribution in [0.15, 0.2) is 180 Å². The number of terminal acetylenes is 1. The highest BCUT2D eigenvalue weighted by Crippen LogP contribution is 2.44. The van der Waals surface area contributed by atoms with E-state index in [1.165, 1.54) is 76.6 Å². The molecule has 0 aliphatic rings. The van der Waals surface area contributed by atoms with Crippen LogP contribution in [-0.2, 0) is 0 Å². The molecule has 0 spiro atoms. The zero-order valence-electron chi connectivity index (χ0n) is 36.4. The molecule has 0 aromatic heterocycles. The first-order valence-electron chi connectivity index (χ1n) is 20.6. The van der Waals surface area contributed by atoms with Crippen molar-refractivity contribution in [2.24, 2.45) is 5.92 Å². The Morgan fingerprint density at radius 1 is 0.678 bits per heavy atom. The molecule has 0 N–H and O–H groups in total. The van der Waals surface area contributed by atoms with Gasteiger partial charge in [0, 0.05) is 26.9 Å². The van der Waals surface area contributed by atoms with Gasteiger partial charge in [-0.25, -0.2) is 0 Å². The summed E-state index contributed by atoms with van der Waals surface area (Å²) in [6.45, 7) is 24.1. The molecule has 0 aliphatic carbocycles. The second kappa shape index (κ2) is 20.6. The Labute approximate surface area is 359 Å². The molecule has 0 amide bonds. The first-order chi connectivity index (χ1) is 28.6. The minimum atomic E-state index is 0.347. The number of hydrogen-bond acceptors (Lipinski definition) is 2. The molecule has 6 rings (SSSR count). The van der Waals surface area contributed by atoms with Gasteiger partial charge in [0.15, 0.2) is 0 Å².